The van der Waals surface area contributed by atoms with Crippen molar-refractivity contribution in [2.24, 2.45) is 0 Å². The maximum atomic E-state index is 11.6. The molecular formula is C17H15Br2ClO3. The quantitative estimate of drug-likeness (QED) is 0.400. The number of rotatable bonds is 5. The molecule has 23 heavy (non-hydrogen) atoms. The lowest BCUT2D eigenvalue weighted by molar-refractivity contribution is -0.134. The highest BCUT2D eigenvalue weighted by Crippen LogP contribution is 2.34. The van der Waals surface area contributed by atoms with E-state index < -0.39 is 0 Å². The zero-order valence-electron chi connectivity index (χ0n) is 12.7. The van der Waals surface area contributed by atoms with Gasteiger partial charge < -0.3 is 9.47 Å². The predicted molar refractivity (Wildman–Crippen MR) is 98.3 cm³/mol. The Hall–Kier alpha value is -1.04. The van der Waals surface area contributed by atoms with Gasteiger partial charge in [-0.2, -0.15) is 0 Å². The first-order valence-corrected chi connectivity index (χ1v) is 8.95. The molecule has 0 aliphatic heterocycles. The molecule has 2 rings (SSSR count). The van der Waals surface area contributed by atoms with Gasteiger partial charge in [-0.3, -0.25) is 4.79 Å². The summed E-state index contributed by atoms with van der Waals surface area (Å²) >= 11 is 13.1. The normalized spacial score (nSPS) is 10.5. The second-order valence-electron chi connectivity index (χ2n) is 4.86. The molecule has 122 valence electrons. The lowest BCUT2D eigenvalue weighted by atomic mass is 10.2. The minimum atomic E-state index is -0.288. The number of carbonyl (C=O) groups excluding carboxylic acids is 1. The highest BCUT2D eigenvalue weighted by Gasteiger charge is 2.13. The van der Waals surface area contributed by atoms with Crippen LogP contribution in [0.4, 0.5) is 0 Å². The van der Waals surface area contributed by atoms with Crippen molar-refractivity contribution in [2.45, 2.75) is 26.9 Å². The van der Waals surface area contributed by atoms with Gasteiger partial charge >= 0.3 is 5.97 Å². The molecule has 0 aliphatic carbocycles. The molecular weight excluding hydrogens is 447 g/mol. The molecule has 0 atom stereocenters. The summed E-state index contributed by atoms with van der Waals surface area (Å²) in [6.45, 7) is 3.92. The fourth-order valence-electron chi connectivity index (χ4n) is 1.86. The van der Waals surface area contributed by atoms with Gasteiger partial charge in [0.1, 0.15) is 18.1 Å². The molecule has 3 nitrogen and oxygen atoms in total. The predicted octanol–water partition coefficient (Wildman–Crippen LogP) is 6.07. The van der Waals surface area contributed by atoms with Crippen molar-refractivity contribution in [1.82, 2.24) is 0 Å². The molecule has 0 amide bonds. The molecule has 0 aliphatic rings. The lowest BCUT2D eigenvalue weighted by Gasteiger charge is -2.14. The summed E-state index contributed by atoms with van der Waals surface area (Å²) < 4.78 is 12.8. The van der Waals surface area contributed by atoms with Crippen molar-refractivity contribution in [3.8, 4) is 11.5 Å². The van der Waals surface area contributed by atoms with E-state index >= 15 is 0 Å². The third-order valence-corrected chi connectivity index (χ3v) is 4.94. The summed E-state index contributed by atoms with van der Waals surface area (Å²) in [5.74, 6) is 0.827. The van der Waals surface area contributed by atoms with E-state index in [4.69, 9.17) is 21.1 Å². The number of esters is 1. The van der Waals surface area contributed by atoms with Gasteiger partial charge in [0.2, 0.25) is 0 Å². The number of ether oxygens (including phenoxy) is 2. The molecule has 0 aromatic heterocycles. The van der Waals surface area contributed by atoms with Crippen LogP contribution in [0.3, 0.4) is 0 Å². The third kappa shape index (κ3) is 4.72. The molecule has 6 heteroatoms. The SMILES string of the molecule is CCC(=O)Oc1cccc(Br)c1COc1cc(Cl)c(C)cc1Br. The van der Waals surface area contributed by atoms with Crippen LogP contribution >= 0.6 is 43.5 Å². The number of benzene rings is 2. The Balaban J connectivity index is 2.23. The van der Waals surface area contributed by atoms with E-state index in [1.54, 1.807) is 19.1 Å². The Morgan fingerprint density at radius 1 is 1.17 bits per heavy atom. The monoisotopic (exact) mass is 460 g/mol. The highest BCUT2D eigenvalue weighted by atomic mass is 79.9. The summed E-state index contributed by atoms with van der Waals surface area (Å²) in [5.41, 5.74) is 1.72. The van der Waals surface area contributed by atoms with E-state index in [0.29, 0.717) is 22.9 Å². The van der Waals surface area contributed by atoms with E-state index in [9.17, 15) is 4.79 Å². The molecule has 0 saturated heterocycles. The molecule has 0 N–H and O–H groups in total. The second-order valence-corrected chi connectivity index (χ2v) is 6.98. The molecule has 0 bridgehead atoms. The molecule has 0 fully saturated rings. The van der Waals surface area contributed by atoms with Crippen LogP contribution in [-0.4, -0.2) is 5.97 Å². The third-order valence-electron chi connectivity index (χ3n) is 3.17. The Morgan fingerprint density at radius 3 is 2.61 bits per heavy atom. The molecule has 2 aromatic carbocycles. The summed E-state index contributed by atoms with van der Waals surface area (Å²) in [7, 11) is 0. The van der Waals surface area contributed by atoms with Crippen LogP contribution in [0, 0.1) is 6.92 Å². The fraction of sp³-hybridized carbons (Fsp3) is 0.235. The largest absolute Gasteiger partial charge is 0.487 e. The van der Waals surface area contributed by atoms with Crippen molar-refractivity contribution in [1.29, 1.82) is 0 Å². The van der Waals surface area contributed by atoms with Gasteiger partial charge in [0.15, 0.2) is 0 Å². The van der Waals surface area contributed by atoms with Crippen molar-refractivity contribution in [3.63, 3.8) is 0 Å². The van der Waals surface area contributed by atoms with Gasteiger partial charge in [0, 0.05) is 27.5 Å². The van der Waals surface area contributed by atoms with Crippen LogP contribution in [0.1, 0.15) is 24.5 Å². The lowest BCUT2D eigenvalue weighted by Crippen LogP contribution is -2.09. The summed E-state index contributed by atoms with van der Waals surface area (Å²) in [6, 6.07) is 9.09. The summed E-state index contributed by atoms with van der Waals surface area (Å²) in [6.07, 6.45) is 0.311. The van der Waals surface area contributed by atoms with Crippen molar-refractivity contribution in [3.05, 3.63) is 55.4 Å². The first kappa shape index (κ1) is 18.3. The standard InChI is InChI=1S/C17H15Br2ClO3/c1-3-17(21)23-15-6-4-5-12(18)11(15)9-22-16-8-14(20)10(2)7-13(16)19/h4-8H,3,9H2,1-2H3. The first-order chi connectivity index (χ1) is 10.9. The molecule has 0 radical (unpaired) electrons. The van der Waals surface area contributed by atoms with Crippen LogP contribution in [0.15, 0.2) is 39.3 Å². The topological polar surface area (TPSA) is 35.5 Å². The second kappa shape index (κ2) is 8.18. The van der Waals surface area contributed by atoms with Crippen LogP contribution in [0.2, 0.25) is 5.02 Å². The zero-order valence-corrected chi connectivity index (χ0v) is 16.6. The molecule has 2 aromatic rings. The van der Waals surface area contributed by atoms with Crippen LogP contribution < -0.4 is 9.47 Å². The number of hydrogen-bond acceptors (Lipinski definition) is 3. The Morgan fingerprint density at radius 2 is 1.91 bits per heavy atom. The summed E-state index contributed by atoms with van der Waals surface area (Å²) in [4.78, 5) is 11.6. The maximum absolute atomic E-state index is 11.6. The fourth-order valence-corrected chi connectivity index (χ4v) is 3.05. The Bertz CT molecular complexity index is 732. The van der Waals surface area contributed by atoms with Gasteiger partial charge in [0.25, 0.3) is 0 Å². The highest BCUT2D eigenvalue weighted by molar-refractivity contribution is 9.10. The van der Waals surface area contributed by atoms with Crippen LogP contribution in [-0.2, 0) is 11.4 Å². The average Bonchev–Trinajstić information content (AvgIpc) is 2.51. The minimum Gasteiger partial charge on any atom is -0.487 e. The van der Waals surface area contributed by atoms with Gasteiger partial charge in [-0.05, 0) is 46.6 Å². The van der Waals surface area contributed by atoms with E-state index in [0.717, 1.165) is 20.1 Å². The van der Waals surface area contributed by atoms with Crippen LogP contribution in [0.25, 0.3) is 0 Å². The smallest absolute Gasteiger partial charge is 0.310 e. The van der Waals surface area contributed by atoms with E-state index in [-0.39, 0.29) is 12.6 Å². The molecule has 0 heterocycles. The number of aryl methyl sites for hydroxylation is 1. The van der Waals surface area contributed by atoms with Crippen molar-refractivity contribution in [2.75, 3.05) is 0 Å². The molecule has 0 spiro atoms. The van der Waals surface area contributed by atoms with Gasteiger partial charge in [-0.15, -0.1) is 0 Å². The number of halogens is 3. The summed E-state index contributed by atoms with van der Waals surface area (Å²) in [5, 5.41) is 0.632. The Kier molecular flexibility index (Phi) is 6.50. The Labute approximate surface area is 157 Å². The molecule has 0 unspecified atom stereocenters. The van der Waals surface area contributed by atoms with Crippen LogP contribution in [0.5, 0.6) is 11.5 Å². The maximum Gasteiger partial charge on any atom is 0.310 e. The van der Waals surface area contributed by atoms with Gasteiger partial charge in [-0.25, -0.2) is 0 Å². The van der Waals surface area contributed by atoms with E-state index in [1.807, 2.05) is 25.1 Å². The van der Waals surface area contributed by atoms with E-state index in [2.05, 4.69) is 31.9 Å². The number of carbonyl (C=O) groups is 1. The molecule has 0 saturated carbocycles. The first-order valence-electron chi connectivity index (χ1n) is 6.99. The number of hydrogen-bond donors (Lipinski definition) is 0. The zero-order chi connectivity index (χ0) is 17.0. The minimum absolute atomic E-state index is 0.242. The average molecular weight is 463 g/mol. The van der Waals surface area contributed by atoms with Crippen molar-refractivity contribution < 1.29 is 14.3 Å². The van der Waals surface area contributed by atoms with Crippen molar-refractivity contribution >= 4 is 49.4 Å². The van der Waals surface area contributed by atoms with E-state index in [1.165, 1.54) is 0 Å². The van der Waals surface area contributed by atoms with Gasteiger partial charge in [0.05, 0.1) is 4.47 Å². The van der Waals surface area contributed by atoms with Gasteiger partial charge in [-0.1, -0.05) is 40.5 Å².